The van der Waals surface area contributed by atoms with Gasteiger partial charge in [-0.05, 0) is 61.2 Å². The summed E-state index contributed by atoms with van der Waals surface area (Å²) in [6, 6.07) is 9.65. The summed E-state index contributed by atoms with van der Waals surface area (Å²) in [6.45, 7) is 4.77. The highest BCUT2D eigenvalue weighted by Gasteiger charge is 2.28. The number of hydrogen-bond acceptors (Lipinski definition) is 1. The maximum Gasteiger partial charge on any atom is -0.00405 e. The molecule has 1 aliphatic heterocycles. The van der Waals surface area contributed by atoms with Crippen molar-refractivity contribution in [1.82, 2.24) is 5.32 Å². The van der Waals surface area contributed by atoms with Crippen molar-refractivity contribution in [1.29, 1.82) is 0 Å². The maximum atomic E-state index is 3.47. The van der Waals surface area contributed by atoms with Crippen LogP contribution in [0.25, 0.3) is 0 Å². The molecule has 0 atom stereocenters. The summed E-state index contributed by atoms with van der Waals surface area (Å²) in [5.41, 5.74) is 3.53. The van der Waals surface area contributed by atoms with Crippen LogP contribution < -0.4 is 5.32 Å². The van der Waals surface area contributed by atoms with Crippen molar-refractivity contribution in [3.05, 3.63) is 35.4 Å². The van der Waals surface area contributed by atoms with Gasteiger partial charge in [0.25, 0.3) is 0 Å². The van der Waals surface area contributed by atoms with Gasteiger partial charge in [-0.3, -0.25) is 0 Å². The molecule has 1 saturated heterocycles. The molecule has 0 spiro atoms. The van der Waals surface area contributed by atoms with E-state index in [0.29, 0.717) is 5.41 Å². The minimum absolute atomic E-state index is 0.399. The number of benzene rings is 1. The standard InChI is InChI=1S/C18H27N/c1-18(11-13-19-14-12-18)17-9-7-16(8-10-17)15-5-3-2-4-6-15/h7-10,15,19H,2-6,11-14H2,1H3. The Bertz CT molecular complexity index is 394. The summed E-state index contributed by atoms with van der Waals surface area (Å²) in [4.78, 5) is 0. The van der Waals surface area contributed by atoms with Crippen molar-refractivity contribution in [2.24, 2.45) is 0 Å². The van der Waals surface area contributed by atoms with Crippen LogP contribution in [-0.4, -0.2) is 13.1 Å². The van der Waals surface area contributed by atoms with E-state index in [0.717, 1.165) is 5.92 Å². The monoisotopic (exact) mass is 257 g/mol. The number of hydrogen-bond donors (Lipinski definition) is 1. The van der Waals surface area contributed by atoms with Crippen LogP contribution >= 0.6 is 0 Å². The molecule has 19 heavy (non-hydrogen) atoms. The van der Waals surface area contributed by atoms with Gasteiger partial charge in [0.2, 0.25) is 0 Å². The minimum Gasteiger partial charge on any atom is -0.317 e. The molecule has 0 aromatic heterocycles. The smallest absolute Gasteiger partial charge is 0.00405 e. The number of rotatable bonds is 2. The van der Waals surface area contributed by atoms with Crippen molar-refractivity contribution < 1.29 is 0 Å². The first-order valence-corrected chi connectivity index (χ1v) is 8.09. The number of nitrogens with one attached hydrogen (secondary N) is 1. The van der Waals surface area contributed by atoms with Gasteiger partial charge in [-0.1, -0.05) is 50.5 Å². The zero-order chi connectivity index (χ0) is 13.1. The first-order chi connectivity index (χ1) is 9.28. The second-order valence-corrected chi connectivity index (χ2v) is 6.77. The number of piperidine rings is 1. The summed E-state index contributed by atoms with van der Waals surface area (Å²) in [7, 11) is 0. The van der Waals surface area contributed by atoms with Gasteiger partial charge in [0.15, 0.2) is 0 Å². The lowest BCUT2D eigenvalue weighted by Crippen LogP contribution is -2.37. The molecule has 2 fully saturated rings. The molecule has 3 rings (SSSR count). The summed E-state index contributed by atoms with van der Waals surface area (Å²) in [6.07, 6.45) is 9.65. The lowest BCUT2D eigenvalue weighted by atomic mass is 9.74. The Morgan fingerprint density at radius 1 is 0.947 bits per heavy atom. The highest BCUT2D eigenvalue weighted by atomic mass is 14.9. The second-order valence-electron chi connectivity index (χ2n) is 6.77. The predicted octanol–water partition coefficient (Wildman–Crippen LogP) is 4.38. The molecule has 0 amide bonds. The van der Waals surface area contributed by atoms with Crippen molar-refractivity contribution in [3.63, 3.8) is 0 Å². The molecule has 1 heterocycles. The Morgan fingerprint density at radius 2 is 1.58 bits per heavy atom. The van der Waals surface area contributed by atoms with Crippen molar-refractivity contribution in [3.8, 4) is 0 Å². The van der Waals surface area contributed by atoms with Gasteiger partial charge in [0.1, 0.15) is 0 Å². The molecule has 0 radical (unpaired) electrons. The van der Waals surface area contributed by atoms with Crippen molar-refractivity contribution in [2.75, 3.05) is 13.1 Å². The van der Waals surface area contributed by atoms with E-state index < -0.39 is 0 Å². The van der Waals surface area contributed by atoms with Gasteiger partial charge in [-0.25, -0.2) is 0 Å². The highest BCUT2D eigenvalue weighted by Crippen LogP contribution is 2.36. The van der Waals surface area contributed by atoms with Gasteiger partial charge >= 0.3 is 0 Å². The van der Waals surface area contributed by atoms with Crippen LogP contribution in [0.1, 0.15) is 68.9 Å². The normalized spacial score (nSPS) is 24.3. The molecule has 1 N–H and O–H groups in total. The predicted molar refractivity (Wildman–Crippen MR) is 81.7 cm³/mol. The van der Waals surface area contributed by atoms with E-state index in [1.807, 2.05) is 0 Å². The van der Waals surface area contributed by atoms with Gasteiger partial charge in [0.05, 0.1) is 0 Å². The Labute approximate surface area is 117 Å². The zero-order valence-electron chi connectivity index (χ0n) is 12.3. The van der Waals surface area contributed by atoms with E-state index in [-0.39, 0.29) is 0 Å². The summed E-state index contributed by atoms with van der Waals surface area (Å²) in [5, 5.41) is 3.47. The third kappa shape index (κ3) is 2.86. The maximum absolute atomic E-state index is 3.47. The third-order valence-electron chi connectivity index (χ3n) is 5.39. The van der Waals surface area contributed by atoms with Crippen LogP contribution in [0.3, 0.4) is 0 Å². The first-order valence-electron chi connectivity index (χ1n) is 8.09. The van der Waals surface area contributed by atoms with Gasteiger partial charge < -0.3 is 5.32 Å². The molecule has 1 nitrogen and oxygen atoms in total. The van der Waals surface area contributed by atoms with E-state index in [1.54, 1.807) is 11.1 Å². The minimum atomic E-state index is 0.399. The van der Waals surface area contributed by atoms with E-state index in [1.165, 1.54) is 58.0 Å². The van der Waals surface area contributed by atoms with Crippen LogP contribution in [0.5, 0.6) is 0 Å². The first kappa shape index (κ1) is 13.2. The molecule has 1 aliphatic carbocycles. The Morgan fingerprint density at radius 3 is 2.21 bits per heavy atom. The topological polar surface area (TPSA) is 12.0 Å². The second kappa shape index (κ2) is 5.66. The lowest BCUT2D eigenvalue weighted by Gasteiger charge is -2.35. The summed E-state index contributed by atoms with van der Waals surface area (Å²) >= 11 is 0. The van der Waals surface area contributed by atoms with E-state index in [2.05, 4.69) is 36.5 Å². The molecular weight excluding hydrogens is 230 g/mol. The largest absolute Gasteiger partial charge is 0.317 e. The Hall–Kier alpha value is -0.820. The van der Waals surface area contributed by atoms with Crippen molar-refractivity contribution >= 4 is 0 Å². The van der Waals surface area contributed by atoms with E-state index in [4.69, 9.17) is 0 Å². The highest BCUT2D eigenvalue weighted by molar-refractivity contribution is 5.31. The fraction of sp³-hybridized carbons (Fsp3) is 0.667. The molecule has 1 saturated carbocycles. The van der Waals surface area contributed by atoms with Crippen LogP contribution in [0.4, 0.5) is 0 Å². The average molecular weight is 257 g/mol. The Balaban J connectivity index is 1.74. The summed E-state index contributed by atoms with van der Waals surface area (Å²) in [5.74, 6) is 0.837. The molecule has 1 heteroatoms. The fourth-order valence-corrected chi connectivity index (χ4v) is 3.86. The molecule has 104 valence electrons. The van der Waals surface area contributed by atoms with E-state index >= 15 is 0 Å². The molecule has 1 aromatic carbocycles. The van der Waals surface area contributed by atoms with Crippen LogP contribution in [-0.2, 0) is 5.41 Å². The molecule has 0 unspecified atom stereocenters. The van der Waals surface area contributed by atoms with Crippen LogP contribution in [0, 0.1) is 0 Å². The van der Waals surface area contributed by atoms with Crippen LogP contribution in [0.2, 0.25) is 0 Å². The quantitative estimate of drug-likeness (QED) is 0.829. The van der Waals surface area contributed by atoms with E-state index in [9.17, 15) is 0 Å². The SMILES string of the molecule is CC1(c2ccc(C3CCCCC3)cc2)CCNCC1. The average Bonchev–Trinajstić information content (AvgIpc) is 2.49. The van der Waals surface area contributed by atoms with Crippen LogP contribution in [0.15, 0.2) is 24.3 Å². The molecule has 2 aliphatic rings. The fourth-order valence-electron chi connectivity index (χ4n) is 3.86. The molecule has 1 aromatic rings. The van der Waals surface area contributed by atoms with Gasteiger partial charge in [0, 0.05) is 0 Å². The molecular formula is C18H27N. The zero-order valence-corrected chi connectivity index (χ0v) is 12.3. The third-order valence-corrected chi connectivity index (χ3v) is 5.39. The van der Waals surface area contributed by atoms with Gasteiger partial charge in [-0.15, -0.1) is 0 Å². The summed E-state index contributed by atoms with van der Waals surface area (Å²) < 4.78 is 0. The van der Waals surface area contributed by atoms with Gasteiger partial charge in [-0.2, -0.15) is 0 Å². The van der Waals surface area contributed by atoms with Crippen molar-refractivity contribution in [2.45, 2.75) is 63.2 Å². The molecule has 0 bridgehead atoms. The lowest BCUT2D eigenvalue weighted by molar-refractivity contribution is 0.335. The Kier molecular flexibility index (Phi) is 3.93.